The number of aliphatic carboxylic acids is 1. The zero-order valence-electron chi connectivity index (χ0n) is 38.1. The number of carboxylic acid groups (broad SMARTS) is 1. The number of hydrogen-bond acceptors (Lipinski definition) is 9. The maximum atomic E-state index is 12.6. The fourth-order valence-electron chi connectivity index (χ4n) is 6.60. The Morgan fingerprint density at radius 1 is 0.517 bits per heavy atom. The highest BCUT2D eigenvalue weighted by Gasteiger charge is 2.28. The molecule has 12 heteroatoms. The van der Waals surface area contributed by atoms with Gasteiger partial charge in [0.05, 0.1) is 13.2 Å². The van der Waals surface area contributed by atoms with Crippen LogP contribution in [0, 0.1) is 0 Å². The maximum absolute atomic E-state index is 12.6. The Balaban J connectivity index is 4.28. The first-order valence-corrected chi connectivity index (χ1v) is 25.5. The molecule has 0 bridgehead atoms. The Kier molecular flexibility index (Phi) is 41.7. The van der Waals surface area contributed by atoms with Gasteiger partial charge in [0, 0.05) is 12.8 Å². The molecule has 0 aliphatic carbocycles. The average Bonchev–Trinajstić information content (AvgIpc) is 3.22. The minimum absolute atomic E-state index is 0.114. The lowest BCUT2D eigenvalue weighted by molar-refractivity contribution is -0.161. The van der Waals surface area contributed by atoms with Gasteiger partial charge in [-0.05, 0) is 51.4 Å². The fourth-order valence-corrected chi connectivity index (χ4v) is 7.38. The lowest BCUT2D eigenvalue weighted by Crippen LogP contribution is -2.34. The van der Waals surface area contributed by atoms with Crippen molar-refractivity contribution in [3.05, 3.63) is 36.5 Å². The van der Waals surface area contributed by atoms with Crippen LogP contribution in [0.1, 0.15) is 219 Å². The molecule has 350 valence electrons. The van der Waals surface area contributed by atoms with Gasteiger partial charge >= 0.3 is 25.7 Å². The predicted molar refractivity (Wildman–Crippen MR) is 245 cm³/mol. The van der Waals surface area contributed by atoms with E-state index in [0.29, 0.717) is 12.8 Å². The quantitative estimate of drug-likeness (QED) is 0.0230. The summed E-state index contributed by atoms with van der Waals surface area (Å²) in [6, 6.07) is -1.53. The van der Waals surface area contributed by atoms with E-state index in [9.17, 15) is 23.8 Å². The second-order valence-electron chi connectivity index (χ2n) is 16.2. The molecule has 60 heavy (non-hydrogen) atoms. The normalized spacial score (nSPS) is 13.9. The van der Waals surface area contributed by atoms with Gasteiger partial charge in [0.25, 0.3) is 0 Å². The highest BCUT2D eigenvalue weighted by molar-refractivity contribution is 7.47. The van der Waals surface area contributed by atoms with E-state index in [0.717, 1.165) is 51.4 Å². The van der Waals surface area contributed by atoms with Crippen LogP contribution in [-0.4, -0.2) is 59.9 Å². The molecule has 0 aliphatic rings. The third-order valence-corrected chi connectivity index (χ3v) is 11.3. The van der Waals surface area contributed by atoms with Crippen LogP contribution in [-0.2, 0) is 37.5 Å². The first-order valence-electron chi connectivity index (χ1n) is 24.0. The van der Waals surface area contributed by atoms with Crippen molar-refractivity contribution in [2.24, 2.45) is 5.73 Å². The predicted octanol–water partition coefficient (Wildman–Crippen LogP) is 13.2. The van der Waals surface area contributed by atoms with Gasteiger partial charge in [-0.15, -0.1) is 0 Å². The molecule has 0 spiro atoms. The molecule has 0 amide bonds. The number of allylic oxidation sites excluding steroid dienone is 6. The number of carbonyl (C=O) groups excluding carboxylic acids is 2. The molecule has 0 saturated carbocycles. The fraction of sp³-hybridized carbons (Fsp3) is 0.812. The van der Waals surface area contributed by atoms with Crippen LogP contribution < -0.4 is 5.73 Å². The van der Waals surface area contributed by atoms with E-state index >= 15 is 0 Å². The lowest BCUT2D eigenvalue weighted by atomic mass is 10.0. The Bertz CT molecular complexity index is 1160. The smallest absolute Gasteiger partial charge is 0.472 e. The van der Waals surface area contributed by atoms with Crippen molar-refractivity contribution in [1.29, 1.82) is 0 Å². The van der Waals surface area contributed by atoms with Crippen molar-refractivity contribution in [3.63, 3.8) is 0 Å². The molecule has 0 aromatic carbocycles. The SMILES string of the molecule is CCCCC/C=C/C/C=C/C/C=C/CCCCC(=O)O[C@@H](COC(=O)CCCCCCCCCCCCCCCCCCCCCCC)COP(=O)(O)OC[C@H](N)C(=O)O. The summed E-state index contributed by atoms with van der Waals surface area (Å²) < 4.78 is 32.7. The van der Waals surface area contributed by atoms with Crippen molar-refractivity contribution in [2.75, 3.05) is 19.8 Å². The number of ether oxygens (including phenoxy) is 2. The van der Waals surface area contributed by atoms with Gasteiger partial charge in [-0.3, -0.25) is 23.4 Å². The van der Waals surface area contributed by atoms with Crippen LogP contribution in [0.3, 0.4) is 0 Å². The number of nitrogens with two attached hydrogens (primary N) is 1. The molecule has 0 aliphatic heterocycles. The van der Waals surface area contributed by atoms with Gasteiger partial charge in [0.2, 0.25) is 0 Å². The summed E-state index contributed by atoms with van der Waals surface area (Å²) in [7, 11) is -4.73. The topological polar surface area (TPSA) is 172 Å². The summed E-state index contributed by atoms with van der Waals surface area (Å²) in [5.41, 5.74) is 5.34. The van der Waals surface area contributed by atoms with Gasteiger partial charge in [-0.2, -0.15) is 0 Å². The highest BCUT2D eigenvalue weighted by Crippen LogP contribution is 2.43. The minimum atomic E-state index is -4.73. The standard InChI is InChI=1S/C48H88NO10P/c1-3-5-7-9-11-13-15-17-19-20-21-22-23-24-26-27-29-31-33-35-37-39-46(50)56-41-44(42-57-60(54,55)58-43-45(49)48(52)53)59-47(51)40-38-36-34-32-30-28-25-18-16-14-12-10-8-6-4-2/h12,14,18,25,30,32,44-45H,3-11,13,15-17,19-24,26-29,31,33-43,49H2,1-2H3,(H,52,53)(H,54,55)/b14-12+,25-18+,32-30+/t44-,45-/m0/s1. The zero-order valence-corrected chi connectivity index (χ0v) is 38.9. The number of esters is 2. The molecule has 0 saturated heterocycles. The van der Waals surface area contributed by atoms with Gasteiger partial charge in [-0.1, -0.05) is 192 Å². The minimum Gasteiger partial charge on any atom is -0.480 e. The van der Waals surface area contributed by atoms with Crippen molar-refractivity contribution in [1.82, 2.24) is 0 Å². The van der Waals surface area contributed by atoms with Crippen LogP contribution in [0.2, 0.25) is 0 Å². The molecule has 3 atom stereocenters. The van der Waals surface area contributed by atoms with Crippen LogP contribution >= 0.6 is 7.82 Å². The molecule has 0 rings (SSSR count). The van der Waals surface area contributed by atoms with Crippen LogP contribution in [0.15, 0.2) is 36.5 Å². The lowest BCUT2D eigenvalue weighted by Gasteiger charge is -2.20. The van der Waals surface area contributed by atoms with E-state index in [-0.39, 0.29) is 19.4 Å². The molecule has 1 unspecified atom stereocenters. The first kappa shape index (κ1) is 57.7. The third kappa shape index (κ3) is 42.4. The van der Waals surface area contributed by atoms with Crippen molar-refractivity contribution >= 4 is 25.7 Å². The summed E-state index contributed by atoms with van der Waals surface area (Å²) in [5.74, 6) is -2.42. The second kappa shape index (κ2) is 43.4. The summed E-state index contributed by atoms with van der Waals surface area (Å²) in [4.78, 5) is 46.0. The monoisotopic (exact) mass is 870 g/mol. The molecule has 0 aromatic rings. The Morgan fingerprint density at radius 2 is 0.883 bits per heavy atom. The summed E-state index contributed by atoms with van der Waals surface area (Å²) in [5, 5.41) is 8.90. The number of phosphoric acid groups is 1. The van der Waals surface area contributed by atoms with Crippen LogP contribution in [0.5, 0.6) is 0 Å². The number of carbonyl (C=O) groups is 3. The van der Waals surface area contributed by atoms with E-state index in [2.05, 4.69) is 54.8 Å². The molecule has 0 aromatic heterocycles. The van der Waals surface area contributed by atoms with Gasteiger partial charge in [-0.25, -0.2) is 4.57 Å². The molecular formula is C48H88NO10P. The van der Waals surface area contributed by atoms with E-state index in [1.807, 2.05) is 0 Å². The summed E-state index contributed by atoms with van der Waals surface area (Å²) in [6.45, 7) is 2.76. The maximum Gasteiger partial charge on any atom is 0.472 e. The van der Waals surface area contributed by atoms with E-state index in [1.165, 1.54) is 128 Å². The average molecular weight is 870 g/mol. The van der Waals surface area contributed by atoms with Crippen LogP contribution in [0.4, 0.5) is 0 Å². The Labute approximate surface area is 365 Å². The number of rotatable bonds is 45. The zero-order chi connectivity index (χ0) is 44.2. The second-order valence-corrected chi connectivity index (χ2v) is 17.7. The van der Waals surface area contributed by atoms with Gasteiger partial charge in [0.1, 0.15) is 12.6 Å². The van der Waals surface area contributed by atoms with E-state index in [4.69, 9.17) is 24.8 Å². The van der Waals surface area contributed by atoms with E-state index < -0.39 is 51.1 Å². The Morgan fingerprint density at radius 3 is 1.35 bits per heavy atom. The molecule has 11 nitrogen and oxygen atoms in total. The van der Waals surface area contributed by atoms with Crippen molar-refractivity contribution in [3.8, 4) is 0 Å². The van der Waals surface area contributed by atoms with Gasteiger partial charge < -0.3 is 25.2 Å². The highest BCUT2D eigenvalue weighted by atomic mass is 31.2. The number of unbranched alkanes of at least 4 members (excludes halogenated alkanes) is 25. The van der Waals surface area contributed by atoms with Crippen molar-refractivity contribution in [2.45, 2.75) is 231 Å². The largest absolute Gasteiger partial charge is 0.480 e. The van der Waals surface area contributed by atoms with E-state index in [1.54, 1.807) is 0 Å². The van der Waals surface area contributed by atoms with Crippen LogP contribution in [0.25, 0.3) is 0 Å². The number of phosphoric ester groups is 1. The summed E-state index contributed by atoms with van der Waals surface area (Å²) >= 11 is 0. The molecule has 0 fully saturated rings. The molecule has 0 heterocycles. The number of carboxylic acids is 1. The molecule has 4 N–H and O–H groups in total. The molecular weight excluding hydrogens is 781 g/mol. The molecule has 0 radical (unpaired) electrons. The Hall–Kier alpha value is -2.30. The summed E-state index contributed by atoms with van der Waals surface area (Å²) in [6.07, 6.45) is 47.9. The van der Waals surface area contributed by atoms with Gasteiger partial charge in [0.15, 0.2) is 6.10 Å². The number of hydrogen-bond donors (Lipinski definition) is 3. The first-order chi connectivity index (χ1) is 29.1. The third-order valence-electron chi connectivity index (χ3n) is 10.4. The van der Waals surface area contributed by atoms with Crippen molar-refractivity contribution < 1.29 is 47.5 Å².